The Kier molecular flexibility index (Phi) is 3.61. The number of halogens is 1. The van der Waals surface area contributed by atoms with E-state index in [2.05, 4.69) is 0 Å². The van der Waals surface area contributed by atoms with Crippen molar-refractivity contribution in [3.8, 4) is 5.75 Å². The van der Waals surface area contributed by atoms with Gasteiger partial charge in [0.05, 0.1) is 7.11 Å². The SMILES string of the molecule is COc1cc(Cl)ccc1S(=O)(=O)N1CCCC1. The van der Waals surface area contributed by atoms with Crippen LogP contribution in [0.1, 0.15) is 12.8 Å². The minimum atomic E-state index is -3.45. The van der Waals surface area contributed by atoms with Crippen LogP contribution in [0.15, 0.2) is 23.1 Å². The van der Waals surface area contributed by atoms with E-state index in [9.17, 15) is 8.42 Å². The molecule has 0 radical (unpaired) electrons. The maximum atomic E-state index is 12.3. The van der Waals surface area contributed by atoms with Crippen LogP contribution < -0.4 is 4.74 Å². The molecule has 1 aliphatic heterocycles. The molecule has 1 aliphatic rings. The summed E-state index contributed by atoms with van der Waals surface area (Å²) in [5.74, 6) is 0.296. The van der Waals surface area contributed by atoms with E-state index in [0.717, 1.165) is 12.8 Å². The first-order valence-corrected chi connectivity index (χ1v) is 7.21. The van der Waals surface area contributed by atoms with Gasteiger partial charge in [-0.25, -0.2) is 8.42 Å². The fourth-order valence-corrected chi connectivity index (χ4v) is 3.74. The van der Waals surface area contributed by atoms with Gasteiger partial charge in [0.1, 0.15) is 10.6 Å². The first-order chi connectivity index (χ1) is 8.05. The predicted octanol–water partition coefficient (Wildman–Crippen LogP) is 2.13. The van der Waals surface area contributed by atoms with Crippen LogP contribution in [0.25, 0.3) is 0 Å². The smallest absolute Gasteiger partial charge is 0.246 e. The van der Waals surface area contributed by atoms with Crippen LogP contribution in [0.3, 0.4) is 0 Å². The van der Waals surface area contributed by atoms with Gasteiger partial charge in [-0.05, 0) is 25.0 Å². The average Bonchev–Trinajstić information content (AvgIpc) is 2.82. The van der Waals surface area contributed by atoms with Crippen LogP contribution in [0, 0.1) is 0 Å². The molecule has 0 saturated carbocycles. The molecule has 0 unspecified atom stereocenters. The Labute approximate surface area is 106 Å². The molecule has 0 aliphatic carbocycles. The lowest BCUT2D eigenvalue weighted by molar-refractivity contribution is 0.398. The van der Waals surface area contributed by atoms with E-state index in [4.69, 9.17) is 16.3 Å². The lowest BCUT2D eigenvalue weighted by Crippen LogP contribution is -2.28. The zero-order chi connectivity index (χ0) is 12.5. The van der Waals surface area contributed by atoms with Crippen LogP contribution in [0.5, 0.6) is 5.75 Å². The fraction of sp³-hybridized carbons (Fsp3) is 0.455. The Bertz CT molecular complexity index is 509. The zero-order valence-corrected chi connectivity index (χ0v) is 11.1. The largest absolute Gasteiger partial charge is 0.495 e. The second kappa shape index (κ2) is 4.84. The van der Waals surface area contributed by atoms with E-state index >= 15 is 0 Å². The Morgan fingerprint density at radius 2 is 1.94 bits per heavy atom. The number of ether oxygens (including phenoxy) is 1. The summed E-state index contributed by atoms with van der Waals surface area (Å²) < 4.78 is 31.2. The molecule has 0 bridgehead atoms. The van der Waals surface area contributed by atoms with E-state index in [-0.39, 0.29) is 4.90 Å². The molecule has 17 heavy (non-hydrogen) atoms. The highest BCUT2D eigenvalue weighted by Gasteiger charge is 2.29. The van der Waals surface area contributed by atoms with Crippen LogP contribution in [-0.4, -0.2) is 32.9 Å². The molecule has 4 nitrogen and oxygen atoms in total. The third kappa shape index (κ3) is 2.41. The van der Waals surface area contributed by atoms with Gasteiger partial charge in [-0.3, -0.25) is 0 Å². The Balaban J connectivity index is 2.45. The second-order valence-electron chi connectivity index (χ2n) is 3.91. The maximum absolute atomic E-state index is 12.3. The number of nitrogens with zero attached hydrogens (tertiary/aromatic N) is 1. The highest BCUT2D eigenvalue weighted by atomic mass is 35.5. The molecule has 0 amide bonds. The van der Waals surface area contributed by atoms with Gasteiger partial charge in [0.25, 0.3) is 0 Å². The van der Waals surface area contributed by atoms with Crippen molar-refractivity contribution in [3.05, 3.63) is 23.2 Å². The average molecular weight is 276 g/mol. The molecular weight excluding hydrogens is 262 g/mol. The van der Waals surface area contributed by atoms with Crippen molar-refractivity contribution < 1.29 is 13.2 Å². The Hall–Kier alpha value is -0.780. The minimum absolute atomic E-state index is 0.186. The first kappa shape index (κ1) is 12.7. The molecule has 6 heteroatoms. The number of hydrogen-bond acceptors (Lipinski definition) is 3. The molecule has 1 aromatic rings. The van der Waals surface area contributed by atoms with Crippen molar-refractivity contribution in [2.45, 2.75) is 17.7 Å². The van der Waals surface area contributed by atoms with Crippen molar-refractivity contribution in [1.82, 2.24) is 4.31 Å². The normalized spacial score (nSPS) is 17.3. The lowest BCUT2D eigenvalue weighted by Gasteiger charge is -2.17. The number of methoxy groups -OCH3 is 1. The maximum Gasteiger partial charge on any atom is 0.246 e. The van der Waals surface area contributed by atoms with E-state index in [1.807, 2.05) is 0 Å². The lowest BCUT2D eigenvalue weighted by atomic mass is 10.3. The van der Waals surface area contributed by atoms with Crippen molar-refractivity contribution >= 4 is 21.6 Å². The summed E-state index contributed by atoms with van der Waals surface area (Å²) >= 11 is 5.82. The topological polar surface area (TPSA) is 46.6 Å². The summed E-state index contributed by atoms with van der Waals surface area (Å²) in [5.41, 5.74) is 0. The van der Waals surface area contributed by atoms with Gasteiger partial charge in [-0.15, -0.1) is 0 Å². The van der Waals surface area contributed by atoms with E-state index in [1.165, 1.54) is 23.5 Å². The second-order valence-corrected chi connectivity index (χ2v) is 6.25. The molecule has 1 aromatic carbocycles. The standard InChI is InChI=1S/C11H14ClNO3S/c1-16-10-8-9(12)4-5-11(10)17(14,15)13-6-2-3-7-13/h4-5,8H,2-3,6-7H2,1H3. The van der Waals surface area contributed by atoms with Gasteiger partial charge < -0.3 is 4.74 Å². The zero-order valence-electron chi connectivity index (χ0n) is 9.52. The molecule has 1 fully saturated rings. The van der Waals surface area contributed by atoms with Crippen molar-refractivity contribution in [1.29, 1.82) is 0 Å². The van der Waals surface area contributed by atoms with Crippen LogP contribution >= 0.6 is 11.6 Å². The van der Waals surface area contributed by atoms with E-state index in [0.29, 0.717) is 23.9 Å². The van der Waals surface area contributed by atoms with Gasteiger partial charge in [0, 0.05) is 24.2 Å². The molecule has 0 N–H and O–H groups in total. The predicted molar refractivity (Wildman–Crippen MR) is 66.0 cm³/mol. The molecule has 1 saturated heterocycles. The van der Waals surface area contributed by atoms with Gasteiger partial charge >= 0.3 is 0 Å². The molecule has 0 atom stereocenters. The van der Waals surface area contributed by atoms with Gasteiger partial charge in [-0.1, -0.05) is 11.6 Å². The number of hydrogen-bond donors (Lipinski definition) is 0. The molecule has 0 aromatic heterocycles. The summed E-state index contributed by atoms with van der Waals surface area (Å²) in [7, 11) is -2.01. The molecule has 2 rings (SSSR count). The fourth-order valence-electron chi connectivity index (χ4n) is 1.92. The Morgan fingerprint density at radius 1 is 1.29 bits per heavy atom. The number of sulfonamides is 1. The summed E-state index contributed by atoms with van der Waals surface area (Å²) in [4.78, 5) is 0.186. The monoisotopic (exact) mass is 275 g/mol. The number of benzene rings is 1. The van der Waals surface area contributed by atoms with Gasteiger partial charge in [0.2, 0.25) is 10.0 Å². The summed E-state index contributed by atoms with van der Waals surface area (Å²) in [5, 5.41) is 0.460. The molecular formula is C11H14ClNO3S. The third-order valence-electron chi connectivity index (χ3n) is 2.81. The van der Waals surface area contributed by atoms with Crippen LogP contribution in [0.2, 0.25) is 5.02 Å². The third-order valence-corrected chi connectivity index (χ3v) is 4.98. The minimum Gasteiger partial charge on any atom is -0.495 e. The first-order valence-electron chi connectivity index (χ1n) is 5.39. The van der Waals surface area contributed by atoms with E-state index < -0.39 is 10.0 Å². The molecule has 0 spiro atoms. The van der Waals surface area contributed by atoms with Crippen LogP contribution in [-0.2, 0) is 10.0 Å². The van der Waals surface area contributed by atoms with E-state index in [1.54, 1.807) is 6.07 Å². The quantitative estimate of drug-likeness (QED) is 0.849. The summed E-state index contributed by atoms with van der Waals surface area (Å²) in [6, 6.07) is 4.58. The summed E-state index contributed by atoms with van der Waals surface area (Å²) in [6.07, 6.45) is 1.82. The highest BCUT2D eigenvalue weighted by molar-refractivity contribution is 7.89. The number of rotatable bonds is 3. The van der Waals surface area contributed by atoms with Gasteiger partial charge in [0.15, 0.2) is 0 Å². The molecule has 94 valence electrons. The van der Waals surface area contributed by atoms with Crippen molar-refractivity contribution in [2.24, 2.45) is 0 Å². The van der Waals surface area contributed by atoms with Crippen LogP contribution in [0.4, 0.5) is 0 Å². The Morgan fingerprint density at radius 3 is 2.53 bits per heavy atom. The van der Waals surface area contributed by atoms with Crippen molar-refractivity contribution in [3.63, 3.8) is 0 Å². The molecule has 1 heterocycles. The van der Waals surface area contributed by atoms with Gasteiger partial charge in [-0.2, -0.15) is 4.31 Å². The summed E-state index contributed by atoms with van der Waals surface area (Å²) in [6.45, 7) is 1.15. The van der Waals surface area contributed by atoms with Crippen molar-refractivity contribution in [2.75, 3.05) is 20.2 Å². The highest BCUT2D eigenvalue weighted by Crippen LogP contribution is 2.30.